The predicted molar refractivity (Wildman–Crippen MR) is 298 cm³/mol. The van der Waals surface area contributed by atoms with Crippen molar-refractivity contribution in [1.29, 1.82) is 0 Å². The first-order chi connectivity index (χ1) is 35.2. The monoisotopic (exact) mass is 907 g/mol. The number of hydrogen-bond acceptors (Lipinski definition) is 2. The summed E-state index contributed by atoms with van der Waals surface area (Å²) in [6.07, 6.45) is 2.85. The predicted octanol–water partition coefficient (Wildman–Crippen LogP) is 17.9. The van der Waals surface area contributed by atoms with Gasteiger partial charge in [0.1, 0.15) is 5.82 Å². The van der Waals surface area contributed by atoms with Crippen molar-refractivity contribution in [3.05, 3.63) is 271 Å². The summed E-state index contributed by atoms with van der Waals surface area (Å²) in [5.74, 6) is 1.26. The first-order valence-electron chi connectivity index (χ1n) is 24.8. The quantitative estimate of drug-likeness (QED) is 0.126. The molecule has 0 aliphatic carbocycles. The van der Waals surface area contributed by atoms with E-state index in [0.29, 0.717) is 5.92 Å². The van der Waals surface area contributed by atoms with E-state index in [1.807, 2.05) is 0 Å². The summed E-state index contributed by atoms with van der Waals surface area (Å²) in [7, 11) is 0. The number of para-hydroxylation sites is 3. The summed E-state index contributed by atoms with van der Waals surface area (Å²) >= 11 is 0. The Morgan fingerprint density at radius 1 is 0.408 bits per heavy atom. The van der Waals surface area contributed by atoms with Crippen LogP contribution in [0.1, 0.15) is 35.4 Å². The summed E-state index contributed by atoms with van der Waals surface area (Å²) in [5, 5.41) is 4.86. The lowest BCUT2D eigenvalue weighted by Crippen LogP contribution is -2.14. The van der Waals surface area contributed by atoms with E-state index in [1.54, 1.807) is 0 Å². The number of benzene rings is 11. The lowest BCUT2D eigenvalue weighted by atomic mass is 9.81. The van der Waals surface area contributed by atoms with E-state index in [-0.39, 0.29) is 0 Å². The molecule has 0 radical (unpaired) electrons. The highest BCUT2D eigenvalue weighted by Crippen LogP contribution is 2.49. The van der Waals surface area contributed by atoms with Gasteiger partial charge in [-0.1, -0.05) is 224 Å². The van der Waals surface area contributed by atoms with Crippen LogP contribution in [0, 0.1) is 0 Å². The number of aromatic nitrogens is 2. The molecule has 12 aromatic rings. The van der Waals surface area contributed by atoms with Crippen LogP contribution in [0.2, 0.25) is 0 Å². The van der Waals surface area contributed by atoms with E-state index >= 15 is 0 Å². The normalized spacial score (nSPS) is 13.4. The fourth-order valence-electron chi connectivity index (χ4n) is 11.2. The van der Waals surface area contributed by atoms with Gasteiger partial charge in [0.15, 0.2) is 0 Å². The van der Waals surface area contributed by atoms with Gasteiger partial charge in [-0.25, -0.2) is 4.98 Å². The van der Waals surface area contributed by atoms with Crippen LogP contribution < -0.4 is 0 Å². The number of imidazole rings is 1. The molecule has 336 valence electrons. The van der Waals surface area contributed by atoms with Crippen molar-refractivity contribution in [2.45, 2.75) is 25.2 Å². The van der Waals surface area contributed by atoms with E-state index in [4.69, 9.17) is 9.98 Å². The van der Waals surface area contributed by atoms with E-state index in [9.17, 15) is 0 Å². The third-order valence-corrected chi connectivity index (χ3v) is 14.5. The van der Waals surface area contributed by atoms with Crippen LogP contribution in [-0.2, 0) is 6.42 Å². The molecule has 0 saturated carbocycles. The van der Waals surface area contributed by atoms with Crippen LogP contribution in [0.25, 0.3) is 94.2 Å². The fourth-order valence-corrected chi connectivity index (χ4v) is 11.2. The van der Waals surface area contributed by atoms with Gasteiger partial charge in [0, 0.05) is 17.0 Å². The number of rotatable bonds is 10. The average molecular weight is 908 g/mol. The molecule has 0 bridgehead atoms. The molecule has 71 heavy (non-hydrogen) atoms. The summed E-state index contributed by atoms with van der Waals surface area (Å²) in [6, 6.07) is 92.7. The Hall–Kier alpha value is -8.92. The second-order valence-corrected chi connectivity index (χ2v) is 18.7. The fraction of sp³-hybridized carbons (Fsp3) is 0.0588. The van der Waals surface area contributed by atoms with Crippen LogP contribution in [-0.4, -0.2) is 15.3 Å². The van der Waals surface area contributed by atoms with Gasteiger partial charge in [-0.05, 0) is 138 Å². The van der Waals surface area contributed by atoms with Gasteiger partial charge >= 0.3 is 0 Å². The van der Waals surface area contributed by atoms with Gasteiger partial charge in [0.05, 0.1) is 16.7 Å². The zero-order valence-corrected chi connectivity index (χ0v) is 39.3. The summed E-state index contributed by atoms with van der Waals surface area (Å²) in [6.45, 7) is 0. The van der Waals surface area contributed by atoms with Gasteiger partial charge in [0.2, 0.25) is 0 Å². The molecule has 1 aliphatic heterocycles. The van der Waals surface area contributed by atoms with Crippen LogP contribution in [0.5, 0.6) is 0 Å². The van der Waals surface area contributed by atoms with Crippen LogP contribution in [0.3, 0.4) is 0 Å². The van der Waals surface area contributed by atoms with E-state index < -0.39 is 0 Å². The minimum absolute atomic E-state index is 0.344. The van der Waals surface area contributed by atoms with Crippen LogP contribution >= 0.6 is 0 Å². The molecule has 13 rings (SSSR count). The van der Waals surface area contributed by atoms with E-state index in [2.05, 4.69) is 259 Å². The van der Waals surface area contributed by atoms with E-state index in [0.717, 1.165) is 53.1 Å². The van der Waals surface area contributed by atoms with Crippen molar-refractivity contribution in [1.82, 2.24) is 9.55 Å². The maximum Gasteiger partial charge on any atom is 0.145 e. The van der Waals surface area contributed by atoms with Crippen LogP contribution in [0.4, 0.5) is 5.69 Å². The highest BCUT2D eigenvalue weighted by Gasteiger charge is 2.26. The molecular formula is C68H49N3. The Morgan fingerprint density at radius 3 is 1.56 bits per heavy atom. The summed E-state index contributed by atoms with van der Waals surface area (Å²) in [5.41, 5.74) is 20.0. The number of fused-ring (bicyclic) bond motifs is 4. The largest absolute Gasteiger partial charge is 0.292 e. The summed E-state index contributed by atoms with van der Waals surface area (Å²) in [4.78, 5) is 10.5. The molecule has 2 heterocycles. The number of aliphatic imine (C=N–C) groups is 1. The first kappa shape index (κ1) is 42.2. The Labute approximate surface area is 414 Å². The molecule has 1 unspecified atom stereocenters. The Bertz CT molecular complexity index is 3950. The number of hydrogen-bond donors (Lipinski definition) is 0. The molecule has 11 aromatic carbocycles. The van der Waals surface area contributed by atoms with Crippen molar-refractivity contribution < 1.29 is 0 Å². The molecule has 1 aromatic heterocycles. The molecule has 0 N–H and O–H groups in total. The highest BCUT2D eigenvalue weighted by atomic mass is 15.1. The van der Waals surface area contributed by atoms with Crippen molar-refractivity contribution >= 4 is 44.0 Å². The molecule has 1 aliphatic rings. The molecule has 3 heteroatoms. The van der Waals surface area contributed by atoms with Gasteiger partial charge in [-0.2, -0.15) is 0 Å². The molecule has 0 fully saturated rings. The van der Waals surface area contributed by atoms with Gasteiger partial charge in [-0.3, -0.25) is 9.56 Å². The smallest absolute Gasteiger partial charge is 0.145 e. The average Bonchev–Trinajstić information content (AvgIpc) is 3.85. The highest BCUT2D eigenvalue weighted by molar-refractivity contribution is 6.24. The van der Waals surface area contributed by atoms with Crippen molar-refractivity contribution in [3.8, 4) is 61.6 Å². The van der Waals surface area contributed by atoms with Crippen molar-refractivity contribution in [2.24, 2.45) is 4.99 Å². The van der Waals surface area contributed by atoms with Gasteiger partial charge in [-0.15, -0.1) is 0 Å². The molecule has 0 saturated heterocycles. The Balaban J connectivity index is 1.07. The minimum atomic E-state index is 0.344. The van der Waals surface area contributed by atoms with Gasteiger partial charge < -0.3 is 0 Å². The maximum absolute atomic E-state index is 5.28. The minimum Gasteiger partial charge on any atom is -0.292 e. The number of nitrogens with zero attached hydrogens (tertiary/aromatic N) is 3. The molecule has 3 nitrogen and oxygen atoms in total. The SMILES string of the molecule is c1ccc(C2=Nc3ccccc3C(CCc3ccc4c(-c5ccccc5-c5ccccc5)c5cc(-n6c(-c7ccccc7)nc7ccccc76)ccc5c(-c5ccccc5-c5ccccc5)c4c3)C2)cc1. The van der Waals surface area contributed by atoms with Gasteiger partial charge in [0.25, 0.3) is 0 Å². The third-order valence-electron chi connectivity index (χ3n) is 14.5. The van der Waals surface area contributed by atoms with Crippen LogP contribution in [0.15, 0.2) is 260 Å². The maximum atomic E-state index is 5.28. The molecule has 1 atom stereocenters. The first-order valence-corrected chi connectivity index (χ1v) is 24.8. The molecular weight excluding hydrogens is 859 g/mol. The lowest BCUT2D eigenvalue weighted by Gasteiger charge is -2.25. The Kier molecular flexibility index (Phi) is 10.8. The zero-order valence-electron chi connectivity index (χ0n) is 39.3. The second-order valence-electron chi connectivity index (χ2n) is 18.7. The topological polar surface area (TPSA) is 30.2 Å². The van der Waals surface area contributed by atoms with E-state index in [1.165, 1.54) is 88.5 Å². The standard InChI is InChI=1S/C68H49N3/c1-5-21-47(22-6-1)53-29-13-15-32-56(53)66-59-42-40-52(71-65-36-20-19-35-63(65)70-68(71)50-27-11-4-12-28-50)45-61(59)67(57-33-16-14-30-54(57)48-23-7-2-8-24-48)58-41-38-46(43-60(58)66)37-39-51-44-64(49-25-9-3-10-26-49)69-62-34-18-17-31-55(51)62/h1-36,38,40-43,45,51H,37,39,44H2. The second kappa shape index (κ2) is 18.2. The van der Waals surface area contributed by atoms with Crippen molar-refractivity contribution in [2.75, 3.05) is 0 Å². The summed E-state index contributed by atoms with van der Waals surface area (Å²) < 4.78 is 2.35. The third kappa shape index (κ3) is 7.73. The Morgan fingerprint density at radius 2 is 0.915 bits per heavy atom. The van der Waals surface area contributed by atoms with Crippen molar-refractivity contribution in [3.63, 3.8) is 0 Å². The lowest BCUT2D eigenvalue weighted by molar-refractivity contribution is 0.641. The zero-order chi connectivity index (χ0) is 47.1. The molecule has 0 spiro atoms. The molecule has 0 amide bonds. The number of aryl methyl sites for hydroxylation is 1.